The van der Waals surface area contributed by atoms with Crippen molar-refractivity contribution in [2.45, 2.75) is 13.3 Å². The molecular formula is C11H12N4OS2. The molecule has 2 rings (SSSR count). The van der Waals surface area contributed by atoms with Gasteiger partial charge in [-0.15, -0.1) is 11.3 Å². The highest BCUT2D eigenvalue weighted by Gasteiger charge is 2.15. The van der Waals surface area contributed by atoms with Crippen LogP contribution >= 0.6 is 22.7 Å². The highest BCUT2D eigenvalue weighted by atomic mass is 32.1. The van der Waals surface area contributed by atoms with Crippen LogP contribution in [0.5, 0.6) is 0 Å². The number of aromatic nitrogens is 1. The number of hydrogen-bond acceptors (Lipinski definition) is 6. The molecule has 0 saturated carbocycles. The number of thiophene rings is 1. The van der Waals surface area contributed by atoms with Crippen molar-refractivity contribution in [2.24, 2.45) is 5.10 Å². The fourth-order valence-electron chi connectivity index (χ4n) is 1.36. The van der Waals surface area contributed by atoms with Crippen LogP contribution in [0, 0.1) is 0 Å². The minimum Gasteiger partial charge on any atom is -0.375 e. The van der Waals surface area contributed by atoms with Gasteiger partial charge in [-0.3, -0.25) is 4.79 Å². The van der Waals surface area contributed by atoms with Gasteiger partial charge >= 0.3 is 0 Å². The lowest BCUT2D eigenvalue weighted by atomic mass is 10.3. The smallest absolute Gasteiger partial charge is 0.283 e. The number of nitrogens with zero attached hydrogens (tertiary/aromatic N) is 2. The second-order valence-electron chi connectivity index (χ2n) is 3.40. The summed E-state index contributed by atoms with van der Waals surface area (Å²) in [5.74, 6) is -0.270. The normalized spacial score (nSPS) is 10.9. The van der Waals surface area contributed by atoms with Crippen molar-refractivity contribution >= 4 is 39.9 Å². The summed E-state index contributed by atoms with van der Waals surface area (Å²) in [6, 6.07) is 3.84. The Kier molecular flexibility index (Phi) is 4.06. The maximum atomic E-state index is 11.9. The summed E-state index contributed by atoms with van der Waals surface area (Å²) in [5, 5.41) is 6.25. The summed E-state index contributed by atoms with van der Waals surface area (Å²) in [7, 11) is 0. The van der Waals surface area contributed by atoms with Gasteiger partial charge in [0.15, 0.2) is 5.13 Å². The molecule has 0 radical (unpaired) electrons. The van der Waals surface area contributed by atoms with Crippen LogP contribution < -0.4 is 11.2 Å². The van der Waals surface area contributed by atoms with E-state index in [1.807, 2.05) is 24.4 Å². The number of nitrogen functional groups attached to an aromatic ring is 1. The first-order chi connectivity index (χ1) is 8.70. The molecule has 0 unspecified atom stereocenters. The van der Waals surface area contributed by atoms with Crippen molar-refractivity contribution in [3.05, 3.63) is 33.0 Å². The number of carbonyl (C=O) groups excluding carboxylic acids is 1. The van der Waals surface area contributed by atoms with Crippen molar-refractivity contribution in [1.82, 2.24) is 10.4 Å². The number of amides is 1. The van der Waals surface area contributed by atoms with E-state index in [2.05, 4.69) is 15.5 Å². The summed E-state index contributed by atoms with van der Waals surface area (Å²) in [6.45, 7) is 1.93. The number of nitrogens with one attached hydrogen (secondary N) is 1. The third kappa shape index (κ3) is 2.93. The van der Waals surface area contributed by atoms with Gasteiger partial charge in [-0.25, -0.2) is 10.4 Å². The zero-order chi connectivity index (χ0) is 13.0. The van der Waals surface area contributed by atoms with Crippen LogP contribution in [0.3, 0.4) is 0 Å². The molecule has 0 aromatic carbocycles. The molecule has 1 amide bonds. The SMILES string of the molecule is CCc1nc(N)sc1C(=O)N/N=C\c1cccs1. The van der Waals surface area contributed by atoms with Crippen LogP contribution in [0.2, 0.25) is 0 Å². The van der Waals surface area contributed by atoms with Gasteiger partial charge < -0.3 is 5.73 Å². The number of thiazole rings is 1. The Bertz CT molecular complexity index is 560. The fraction of sp³-hybridized carbons (Fsp3) is 0.182. The van der Waals surface area contributed by atoms with Crippen LogP contribution in [-0.4, -0.2) is 17.1 Å². The van der Waals surface area contributed by atoms with Crippen LogP contribution in [-0.2, 0) is 6.42 Å². The molecule has 2 aromatic heterocycles. The molecule has 2 heterocycles. The van der Waals surface area contributed by atoms with Crippen LogP contribution in [0.25, 0.3) is 0 Å². The van der Waals surface area contributed by atoms with Crippen molar-refractivity contribution in [3.63, 3.8) is 0 Å². The van der Waals surface area contributed by atoms with Gasteiger partial charge in [-0.1, -0.05) is 24.3 Å². The summed E-state index contributed by atoms with van der Waals surface area (Å²) in [5.41, 5.74) is 8.78. The lowest BCUT2D eigenvalue weighted by Gasteiger charge is -1.97. The summed E-state index contributed by atoms with van der Waals surface area (Å²) >= 11 is 2.73. The molecular weight excluding hydrogens is 268 g/mol. The molecule has 18 heavy (non-hydrogen) atoms. The molecule has 3 N–H and O–H groups in total. The number of nitrogens with two attached hydrogens (primary N) is 1. The predicted molar refractivity (Wildman–Crippen MR) is 75.3 cm³/mol. The second-order valence-corrected chi connectivity index (χ2v) is 5.41. The largest absolute Gasteiger partial charge is 0.375 e. The lowest BCUT2D eigenvalue weighted by Crippen LogP contribution is -2.17. The van der Waals surface area contributed by atoms with Gasteiger partial charge in [0.25, 0.3) is 5.91 Å². The summed E-state index contributed by atoms with van der Waals surface area (Å²) in [4.78, 5) is 17.5. The monoisotopic (exact) mass is 280 g/mol. The Morgan fingerprint density at radius 1 is 1.67 bits per heavy atom. The van der Waals surface area contributed by atoms with E-state index in [9.17, 15) is 4.79 Å². The molecule has 0 aliphatic heterocycles. The highest BCUT2D eigenvalue weighted by Crippen LogP contribution is 2.20. The Labute approximate surface area is 112 Å². The van der Waals surface area contributed by atoms with E-state index in [0.29, 0.717) is 22.1 Å². The topological polar surface area (TPSA) is 80.4 Å². The second kappa shape index (κ2) is 5.74. The Hall–Kier alpha value is -1.73. The van der Waals surface area contributed by atoms with Crippen molar-refractivity contribution in [1.29, 1.82) is 0 Å². The van der Waals surface area contributed by atoms with Gasteiger partial charge in [-0.2, -0.15) is 5.10 Å². The fourth-order valence-corrected chi connectivity index (χ4v) is 2.75. The van der Waals surface area contributed by atoms with Gasteiger partial charge in [0.2, 0.25) is 0 Å². The molecule has 0 saturated heterocycles. The highest BCUT2D eigenvalue weighted by molar-refractivity contribution is 7.17. The van der Waals surface area contributed by atoms with Crippen molar-refractivity contribution in [3.8, 4) is 0 Å². The first-order valence-corrected chi connectivity index (χ1v) is 7.02. The van der Waals surface area contributed by atoms with Crippen LogP contribution in [0.1, 0.15) is 27.2 Å². The molecule has 0 fully saturated rings. The van der Waals surface area contributed by atoms with Crippen LogP contribution in [0.4, 0.5) is 5.13 Å². The third-order valence-electron chi connectivity index (χ3n) is 2.16. The maximum Gasteiger partial charge on any atom is 0.283 e. The van der Waals surface area contributed by atoms with Gasteiger partial charge in [0, 0.05) is 4.88 Å². The maximum absolute atomic E-state index is 11.9. The number of rotatable bonds is 4. The molecule has 7 heteroatoms. The van der Waals surface area contributed by atoms with E-state index < -0.39 is 0 Å². The standard InChI is InChI=1S/C11H12N4OS2/c1-2-8-9(18-11(12)14-8)10(16)15-13-6-7-4-3-5-17-7/h3-6H,2H2,1H3,(H2,12,14)(H,15,16)/b13-6-. The number of anilines is 1. The average Bonchev–Trinajstić information content (AvgIpc) is 2.98. The number of carbonyl (C=O) groups is 1. The number of aryl methyl sites for hydroxylation is 1. The molecule has 94 valence electrons. The Balaban J connectivity index is 2.03. The molecule has 0 bridgehead atoms. The zero-order valence-corrected chi connectivity index (χ0v) is 11.3. The van der Waals surface area contributed by atoms with Gasteiger partial charge in [-0.05, 0) is 17.9 Å². The van der Waals surface area contributed by atoms with E-state index in [4.69, 9.17) is 5.73 Å². The van der Waals surface area contributed by atoms with E-state index in [1.165, 1.54) is 11.3 Å². The minimum atomic E-state index is -0.270. The molecule has 0 spiro atoms. The van der Waals surface area contributed by atoms with E-state index in [-0.39, 0.29) is 5.91 Å². The van der Waals surface area contributed by atoms with Gasteiger partial charge in [0.05, 0.1) is 11.9 Å². The first kappa shape index (κ1) is 12.7. The first-order valence-electron chi connectivity index (χ1n) is 5.32. The van der Waals surface area contributed by atoms with E-state index in [1.54, 1.807) is 17.6 Å². The molecule has 0 aliphatic carbocycles. The van der Waals surface area contributed by atoms with Gasteiger partial charge in [0.1, 0.15) is 4.88 Å². The average molecular weight is 280 g/mol. The van der Waals surface area contributed by atoms with E-state index in [0.717, 1.165) is 4.88 Å². The summed E-state index contributed by atoms with van der Waals surface area (Å²) in [6.07, 6.45) is 2.28. The number of hydrazone groups is 1. The zero-order valence-electron chi connectivity index (χ0n) is 9.71. The quantitative estimate of drug-likeness (QED) is 0.665. The molecule has 5 nitrogen and oxygen atoms in total. The molecule has 2 aromatic rings. The molecule has 0 atom stereocenters. The Morgan fingerprint density at radius 2 is 2.50 bits per heavy atom. The number of hydrogen-bond donors (Lipinski definition) is 2. The minimum absolute atomic E-state index is 0.270. The van der Waals surface area contributed by atoms with Crippen molar-refractivity contribution in [2.75, 3.05) is 5.73 Å². The van der Waals surface area contributed by atoms with Crippen LogP contribution in [0.15, 0.2) is 22.6 Å². The third-order valence-corrected chi connectivity index (χ3v) is 3.89. The Morgan fingerprint density at radius 3 is 3.17 bits per heavy atom. The van der Waals surface area contributed by atoms with E-state index >= 15 is 0 Å². The summed E-state index contributed by atoms with van der Waals surface area (Å²) < 4.78 is 0. The van der Waals surface area contributed by atoms with Crippen molar-refractivity contribution < 1.29 is 4.79 Å². The molecule has 0 aliphatic rings. The predicted octanol–water partition coefficient (Wildman–Crippen LogP) is 2.11. The lowest BCUT2D eigenvalue weighted by molar-refractivity contribution is 0.0958.